The molecule has 1 aromatic carbocycles. The number of carbonyl (C=O) groups is 2. The average Bonchev–Trinajstić information content (AvgIpc) is 2.91. The molecule has 0 unspecified atom stereocenters. The number of anilines is 1. The van der Waals surface area contributed by atoms with Gasteiger partial charge < -0.3 is 4.42 Å². The third-order valence-corrected chi connectivity index (χ3v) is 3.53. The third kappa shape index (κ3) is 2.78. The summed E-state index contributed by atoms with van der Waals surface area (Å²) in [5.41, 5.74) is -0.208. The molecule has 0 aliphatic carbocycles. The van der Waals surface area contributed by atoms with Crippen LogP contribution in [0.25, 0.3) is 6.08 Å². The highest BCUT2D eigenvalue weighted by molar-refractivity contribution is 7.80. The molecule has 0 saturated carbocycles. The molecule has 0 atom stereocenters. The van der Waals surface area contributed by atoms with Crippen LogP contribution >= 0.6 is 12.2 Å². The van der Waals surface area contributed by atoms with Gasteiger partial charge in [-0.25, -0.2) is 9.29 Å². The van der Waals surface area contributed by atoms with Gasteiger partial charge in [-0.3, -0.25) is 14.9 Å². The van der Waals surface area contributed by atoms with Gasteiger partial charge in [0.2, 0.25) is 0 Å². The highest BCUT2D eigenvalue weighted by atomic mass is 32.1. The number of nitrogens with zero attached hydrogens (tertiary/aromatic N) is 1. The SMILES string of the molecule is Cc1ccc(/C=C2\C(=O)NC(=S)N(c3ccccc3F)C2=O)o1. The van der Waals surface area contributed by atoms with Crippen LogP contribution in [0.2, 0.25) is 0 Å². The van der Waals surface area contributed by atoms with Crippen molar-refractivity contribution in [3.63, 3.8) is 0 Å². The molecular formula is C16H11FN2O3S. The van der Waals surface area contributed by atoms with Gasteiger partial charge in [-0.2, -0.15) is 0 Å². The smallest absolute Gasteiger partial charge is 0.270 e. The quantitative estimate of drug-likeness (QED) is 0.522. The highest BCUT2D eigenvalue weighted by Gasteiger charge is 2.35. The Balaban J connectivity index is 2.04. The normalized spacial score (nSPS) is 16.9. The molecule has 1 saturated heterocycles. The molecule has 5 nitrogen and oxygen atoms in total. The van der Waals surface area contributed by atoms with Crippen molar-refractivity contribution in [2.24, 2.45) is 0 Å². The number of carbonyl (C=O) groups excluding carboxylic acids is 2. The number of benzene rings is 1. The summed E-state index contributed by atoms with van der Waals surface area (Å²) in [4.78, 5) is 25.6. The van der Waals surface area contributed by atoms with E-state index < -0.39 is 17.6 Å². The molecule has 7 heteroatoms. The summed E-state index contributed by atoms with van der Waals surface area (Å²) in [5, 5.41) is 2.21. The first-order chi connectivity index (χ1) is 11.0. The number of nitrogens with one attached hydrogen (secondary N) is 1. The van der Waals surface area contributed by atoms with Crippen molar-refractivity contribution in [1.82, 2.24) is 5.32 Å². The second-order valence-electron chi connectivity index (χ2n) is 4.86. The summed E-state index contributed by atoms with van der Waals surface area (Å²) in [7, 11) is 0. The number of para-hydroxylation sites is 1. The lowest BCUT2D eigenvalue weighted by Gasteiger charge is -2.28. The number of hydrogen-bond acceptors (Lipinski definition) is 4. The molecule has 0 spiro atoms. The van der Waals surface area contributed by atoms with E-state index in [-0.39, 0.29) is 16.4 Å². The summed E-state index contributed by atoms with van der Waals surface area (Å²) >= 11 is 5.00. The largest absolute Gasteiger partial charge is 0.462 e. The Morgan fingerprint density at radius 2 is 1.96 bits per heavy atom. The lowest BCUT2D eigenvalue weighted by Crippen LogP contribution is -2.54. The third-order valence-electron chi connectivity index (χ3n) is 3.24. The van der Waals surface area contributed by atoms with Gasteiger partial charge in [0.25, 0.3) is 11.8 Å². The van der Waals surface area contributed by atoms with Crippen LogP contribution < -0.4 is 10.2 Å². The van der Waals surface area contributed by atoms with Crippen molar-refractivity contribution in [2.75, 3.05) is 4.90 Å². The maximum Gasteiger partial charge on any atom is 0.270 e. The maximum absolute atomic E-state index is 14.0. The Morgan fingerprint density at radius 1 is 1.22 bits per heavy atom. The average molecular weight is 330 g/mol. The lowest BCUT2D eigenvalue weighted by atomic mass is 10.1. The summed E-state index contributed by atoms with van der Waals surface area (Å²) in [6.45, 7) is 1.74. The Morgan fingerprint density at radius 3 is 2.61 bits per heavy atom. The molecule has 1 N–H and O–H groups in total. The van der Waals surface area contributed by atoms with Gasteiger partial charge in [-0.1, -0.05) is 12.1 Å². The number of hydrogen-bond donors (Lipinski definition) is 1. The first-order valence-electron chi connectivity index (χ1n) is 6.70. The molecular weight excluding hydrogens is 319 g/mol. The van der Waals surface area contributed by atoms with Crippen molar-refractivity contribution in [3.05, 3.63) is 59.3 Å². The van der Waals surface area contributed by atoms with E-state index >= 15 is 0 Å². The van der Waals surface area contributed by atoms with E-state index in [9.17, 15) is 14.0 Å². The molecule has 1 aliphatic heterocycles. The maximum atomic E-state index is 14.0. The zero-order valence-electron chi connectivity index (χ0n) is 12.0. The van der Waals surface area contributed by atoms with Crippen LogP contribution in [0.3, 0.4) is 0 Å². The molecule has 2 heterocycles. The van der Waals surface area contributed by atoms with Crippen LogP contribution in [0, 0.1) is 12.7 Å². The van der Waals surface area contributed by atoms with Crippen LogP contribution in [0.5, 0.6) is 0 Å². The summed E-state index contributed by atoms with van der Waals surface area (Å²) in [5.74, 6) is -0.989. The molecule has 116 valence electrons. The van der Waals surface area contributed by atoms with Crippen molar-refractivity contribution in [2.45, 2.75) is 6.92 Å². The van der Waals surface area contributed by atoms with Crippen molar-refractivity contribution in [1.29, 1.82) is 0 Å². The number of furan rings is 1. The number of aryl methyl sites for hydroxylation is 1. The Labute approximate surface area is 136 Å². The van der Waals surface area contributed by atoms with Crippen LogP contribution in [-0.4, -0.2) is 16.9 Å². The number of halogens is 1. The van der Waals surface area contributed by atoms with Crippen LogP contribution in [0.4, 0.5) is 10.1 Å². The molecule has 1 aliphatic rings. The second kappa shape index (κ2) is 5.77. The Bertz CT molecular complexity index is 857. The number of rotatable bonds is 2. The van der Waals surface area contributed by atoms with E-state index in [1.54, 1.807) is 25.1 Å². The number of amides is 2. The molecule has 0 radical (unpaired) electrons. The highest BCUT2D eigenvalue weighted by Crippen LogP contribution is 2.24. The van der Waals surface area contributed by atoms with E-state index in [1.165, 1.54) is 24.3 Å². The van der Waals surface area contributed by atoms with Gasteiger partial charge in [0.1, 0.15) is 22.9 Å². The van der Waals surface area contributed by atoms with Crippen LogP contribution in [0.15, 0.2) is 46.4 Å². The summed E-state index contributed by atoms with van der Waals surface area (Å²) in [6.07, 6.45) is 1.31. The molecule has 1 fully saturated rings. The van der Waals surface area contributed by atoms with Gasteiger partial charge in [-0.15, -0.1) is 0 Å². The summed E-state index contributed by atoms with van der Waals surface area (Å²) < 4.78 is 19.3. The Kier molecular flexibility index (Phi) is 3.79. The van der Waals surface area contributed by atoms with E-state index in [1.807, 2.05) is 0 Å². The fraction of sp³-hybridized carbons (Fsp3) is 0.0625. The van der Waals surface area contributed by atoms with E-state index in [0.29, 0.717) is 11.5 Å². The minimum absolute atomic E-state index is 0.0241. The van der Waals surface area contributed by atoms with Crippen molar-refractivity contribution < 1.29 is 18.4 Å². The van der Waals surface area contributed by atoms with Gasteiger partial charge in [0, 0.05) is 0 Å². The predicted octanol–water partition coefficient (Wildman–Crippen LogP) is 2.56. The zero-order chi connectivity index (χ0) is 16.6. The van der Waals surface area contributed by atoms with Gasteiger partial charge >= 0.3 is 0 Å². The van der Waals surface area contributed by atoms with Crippen LogP contribution in [-0.2, 0) is 9.59 Å². The molecule has 3 rings (SSSR count). The minimum atomic E-state index is -0.710. The van der Waals surface area contributed by atoms with Crippen LogP contribution in [0.1, 0.15) is 11.5 Å². The Hall–Kier alpha value is -2.80. The zero-order valence-corrected chi connectivity index (χ0v) is 12.8. The van der Waals surface area contributed by atoms with E-state index in [4.69, 9.17) is 16.6 Å². The summed E-state index contributed by atoms with van der Waals surface area (Å²) in [6, 6.07) is 9.02. The van der Waals surface area contributed by atoms with Gasteiger partial charge in [-0.05, 0) is 49.5 Å². The molecule has 0 bridgehead atoms. The van der Waals surface area contributed by atoms with Crippen molar-refractivity contribution >= 4 is 40.9 Å². The van der Waals surface area contributed by atoms with E-state index in [0.717, 1.165) is 4.90 Å². The molecule has 2 amide bonds. The minimum Gasteiger partial charge on any atom is -0.462 e. The monoisotopic (exact) mass is 330 g/mol. The molecule has 23 heavy (non-hydrogen) atoms. The van der Waals surface area contributed by atoms with Gasteiger partial charge in [0.15, 0.2) is 5.11 Å². The fourth-order valence-electron chi connectivity index (χ4n) is 2.18. The second-order valence-corrected chi connectivity index (χ2v) is 5.24. The topological polar surface area (TPSA) is 62.6 Å². The predicted molar refractivity (Wildman–Crippen MR) is 86.0 cm³/mol. The molecule has 1 aromatic heterocycles. The fourth-order valence-corrected chi connectivity index (χ4v) is 2.46. The molecule has 2 aromatic rings. The van der Waals surface area contributed by atoms with Gasteiger partial charge in [0.05, 0.1) is 5.69 Å². The first-order valence-corrected chi connectivity index (χ1v) is 7.10. The standard InChI is InChI=1S/C16H11FN2O3S/c1-9-6-7-10(22-9)8-11-14(20)18-16(23)19(15(11)21)13-5-3-2-4-12(13)17/h2-8H,1H3,(H,18,20,23)/b11-8+. The first kappa shape index (κ1) is 15.1. The van der Waals surface area contributed by atoms with Crippen molar-refractivity contribution in [3.8, 4) is 0 Å². The number of thiocarbonyl (C=S) groups is 1. The lowest BCUT2D eigenvalue weighted by molar-refractivity contribution is -0.122. The van der Waals surface area contributed by atoms with E-state index in [2.05, 4.69) is 5.32 Å².